The number of piperazine rings is 1. The highest BCUT2D eigenvalue weighted by Gasteiger charge is 2.20. The number of nitrogens with one attached hydrogen (secondary N) is 1. The monoisotopic (exact) mass is 361 g/mol. The number of benzene rings is 1. The van der Waals surface area contributed by atoms with Crippen molar-refractivity contribution in [1.29, 1.82) is 0 Å². The molecule has 0 bridgehead atoms. The van der Waals surface area contributed by atoms with E-state index >= 15 is 0 Å². The second kappa shape index (κ2) is 11.1. The molecule has 1 amide bonds. The van der Waals surface area contributed by atoms with E-state index in [-0.39, 0.29) is 11.9 Å². The number of methoxy groups -OCH3 is 1. The number of amides is 1. The van der Waals surface area contributed by atoms with E-state index in [0.29, 0.717) is 6.54 Å². The second-order valence-corrected chi connectivity index (χ2v) is 7.28. The average Bonchev–Trinajstić information content (AvgIpc) is 2.66. The van der Waals surface area contributed by atoms with Crippen LogP contribution in [0.15, 0.2) is 24.3 Å². The third kappa shape index (κ3) is 6.87. The smallest absolute Gasteiger partial charge is 0.234 e. The summed E-state index contributed by atoms with van der Waals surface area (Å²) in [6, 6.07) is 8.45. The van der Waals surface area contributed by atoms with Gasteiger partial charge in [0.1, 0.15) is 5.75 Å². The molecule has 5 nitrogen and oxygen atoms in total. The van der Waals surface area contributed by atoms with Gasteiger partial charge >= 0.3 is 0 Å². The predicted octanol–water partition coefficient (Wildman–Crippen LogP) is 3.29. The minimum Gasteiger partial charge on any atom is -0.497 e. The summed E-state index contributed by atoms with van der Waals surface area (Å²) in [4.78, 5) is 16.9. The molecule has 1 atom stereocenters. The maximum Gasteiger partial charge on any atom is 0.234 e. The molecule has 1 heterocycles. The third-order valence-corrected chi connectivity index (χ3v) is 5.06. The molecule has 0 radical (unpaired) electrons. The van der Waals surface area contributed by atoms with Gasteiger partial charge in [0.15, 0.2) is 0 Å². The molecule has 1 N–H and O–H groups in total. The molecule has 0 unspecified atom stereocenters. The van der Waals surface area contributed by atoms with E-state index in [0.717, 1.165) is 38.3 Å². The van der Waals surface area contributed by atoms with Crippen LogP contribution in [-0.2, 0) is 4.79 Å². The van der Waals surface area contributed by atoms with Gasteiger partial charge in [-0.15, -0.1) is 0 Å². The molecule has 0 spiro atoms. The van der Waals surface area contributed by atoms with Gasteiger partial charge in [-0.05, 0) is 25.5 Å². The van der Waals surface area contributed by atoms with Crippen molar-refractivity contribution < 1.29 is 9.53 Å². The molecule has 1 saturated heterocycles. The molecule has 2 rings (SSSR count). The average molecular weight is 362 g/mol. The number of nitrogens with zero attached hydrogens (tertiary/aromatic N) is 2. The summed E-state index contributed by atoms with van der Waals surface area (Å²) in [5.41, 5.74) is 1.19. The van der Waals surface area contributed by atoms with E-state index < -0.39 is 0 Å². The molecular weight excluding hydrogens is 326 g/mol. The third-order valence-electron chi connectivity index (χ3n) is 5.06. The number of carbonyl (C=O) groups excluding carboxylic acids is 1. The molecule has 1 fully saturated rings. The zero-order valence-electron chi connectivity index (χ0n) is 16.7. The van der Waals surface area contributed by atoms with Crippen LogP contribution in [0.4, 0.5) is 5.69 Å². The van der Waals surface area contributed by atoms with Crippen molar-refractivity contribution in [3.63, 3.8) is 0 Å². The Morgan fingerprint density at radius 3 is 2.65 bits per heavy atom. The van der Waals surface area contributed by atoms with E-state index in [2.05, 4.69) is 41.1 Å². The minimum absolute atomic E-state index is 0.155. The summed E-state index contributed by atoms with van der Waals surface area (Å²) in [7, 11) is 1.69. The van der Waals surface area contributed by atoms with Crippen LogP contribution >= 0.6 is 0 Å². The van der Waals surface area contributed by atoms with Crippen LogP contribution in [-0.4, -0.2) is 56.7 Å². The standard InChI is InChI=1S/C21H35N3O2/c1-4-5-6-7-9-18(2)22-21(25)17-23-12-14-24(15-13-23)19-10-8-11-20(16-19)26-3/h8,10-11,16,18H,4-7,9,12-15,17H2,1-3H3,(H,22,25)/t18-/m0/s1. The van der Waals surface area contributed by atoms with Crippen molar-refractivity contribution in [2.24, 2.45) is 0 Å². The van der Waals surface area contributed by atoms with E-state index in [1.165, 1.54) is 31.4 Å². The number of unbranched alkanes of at least 4 members (excludes halogenated alkanes) is 3. The fourth-order valence-corrected chi connectivity index (χ4v) is 3.44. The molecule has 1 aliphatic rings. The van der Waals surface area contributed by atoms with E-state index in [1.54, 1.807) is 7.11 Å². The zero-order chi connectivity index (χ0) is 18.8. The Hall–Kier alpha value is -1.75. The molecule has 146 valence electrons. The Morgan fingerprint density at radius 1 is 1.19 bits per heavy atom. The van der Waals surface area contributed by atoms with Gasteiger partial charge in [-0.3, -0.25) is 9.69 Å². The Kier molecular flexibility index (Phi) is 8.75. The van der Waals surface area contributed by atoms with Gasteiger partial charge in [-0.25, -0.2) is 0 Å². The van der Waals surface area contributed by atoms with Crippen LogP contribution in [0, 0.1) is 0 Å². The summed E-state index contributed by atoms with van der Waals surface area (Å²) in [6.45, 7) is 8.54. The van der Waals surface area contributed by atoms with Gasteiger partial charge in [-0.1, -0.05) is 38.7 Å². The fourth-order valence-electron chi connectivity index (χ4n) is 3.44. The number of rotatable bonds is 10. The quantitative estimate of drug-likeness (QED) is 0.650. The van der Waals surface area contributed by atoms with Gasteiger partial charge in [0.2, 0.25) is 5.91 Å². The number of hydrogen-bond donors (Lipinski definition) is 1. The Morgan fingerprint density at radius 2 is 1.96 bits per heavy atom. The van der Waals surface area contributed by atoms with Gasteiger partial charge in [-0.2, -0.15) is 0 Å². The molecule has 0 aliphatic carbocycles. The van der Waals surface area contributed by atoms with Crippen molar-refractivity contribution in [2.45, 2.75) is 52.0 Å². The highest BCUT2D eigenvalue weighted by Crippen LogP contribution is 2.22. The summed E-state index contributed by atoms with van der Waals surface area (Å²) >= 11 is 0. The van der Waals surface area contributed by atoms with Crippen molar-refractivity contribution >= 4 is 11.6 Å². The molecule has 5 heteroatoms. The summed E-state index contributed by atoms with van der Waals surface area (Å²) in [5, 5.41) is 3.15. The fraction of sp³-hybridized carbons (Fsp3) is 0.667. The molecule has 26 heavy (non-hydrogen) atoms. The van der Waals surface area contributed by atoms with Crippen LogP contribution < -0.4 is 15.0 Å². The van der Waals surface area contributed by atoms with Gasteiger partial charge in [0, 0.05) is 44.0 Å². The maximum absolute atomic E-state index is 12.3. The topological polar surface area (TPSA) is 44.8 Å². The maximum atomic E-state index is 12.3. The van der Waals surface area contributed by atoms with E-state index in [9.17, 15) is 4.79 Å². The van der Waals surface area contributed by atoms with Crippen LogP contribution in [0.1, 0.15) is 46.0 Å². The van der Waals surface area contributed by atoms with Crippen LogP contribution in [0.5, 0.6) is 5.75 Å². The molecule has 0 aromatic heterocycles. The summed E-state index contributed by atoms with van der Waals surface area (Å²) in [6.07, 6.45) is 6.09. The minimum atomic E-state index is 0.155. The lowest BCUT2D eigenvalue weighted by Gasteiger charge is -2.36. The first-order valence-corrected chi connectivity index (χ1v) is 10.0. The molecule has 1 aromatic carbocycles. The molecular formula is C21H35N3O2. The van der Waals surface area contributed by atoms with Gasteiger partial charge in [0.25, 0.3) is 0 Å². The molecule has 0 saturated carbocycles. The first-order chi connectivity index (χ1) is 12.6. The second-order valence-electron chi connectivity index (χ2n) is 7.28. The van der Waals surface area contributed by atoms with E-state index in [1.807, 2.05) is 12.1 Å². The summed E-state index contributed by atoms with van der Waals surface area (Å²) in [5.74, 6) is 1.04. The number of anilines is 1. The SMILES string of the molecule is CCCCCC[C@H](C)NC(=O)CN1CCN(c2cccc(OC)c2)CC1. The highest BCUT2D eigenvalue weighted by molar-refractivity contribution is 5.78. The zero-order valence-corrected chi connectivity index (χ0v) is 16.7. The van der Waals surface area contributed by atoms with Gasteiger partial charge < -0.3 is 15.0 Å². The Labute approximate surface area is 158 Å². The number of ether oxygens (including phenoxy) is 1. The first-order valence-electron chi connectivity index (χ1n) is 10.0. The van der Waals surface area contributed by atoms with Crippen molar-refractivity contribution in [3.8, 4) is 5.75 Å². The lowest BCUT2D eigenvalue weighted by molar-refractivity contribution is -0.123. The normalized spacial score (nSPS) is 16.3. The van der Waals surface area contributed by atoms with Crippen molar-refractivity contribution in [3.05, 3.63) is 24.3 Å². The van der Waals surface area contributed by atoms with Crippen LogP contribution in [0.3, 0.4) is 0 Å². The first kappa shape index (κ1) is 20.6. The summed E-state index contributed by atoms with van der Waals surface area (Å²) < 4.78 is 5.31. The number of hydrogen-bond acceptors (Lipinski definition) is 4. The Balaban J connectivity index is 1.68. The number of carbonyl (C=O) groups is 1. The molecule has 1 aliphatic heterocycles. The van der Waals surface area contributed by atoms with Crippen LogP contribution in [0.2, 0.25) is 0 Å². The molecule has 1 aromatic rings. The lowest BCUT2D eigenvalue weighted by Crippen LogP contribution is -2.50. The predicted molar refractivity (Wildman–Crippen MR) is 108 cm³/mol. The van der Waals surface area contributed by atoms with E-state index in [4.69, 9.17) is 4.74 Å². The van der Waals surface area contributed by atoms with Crippen LogP contribution in [0.25, 0.3) is 0 Å². The van der Waals surface area contributed by atoms with Crippen molar-refractivity contribution in [2.75, 3.05) is 44.7 Å². The highest BCUT2D eigenvalue weighted by atomic mass is 16.5. The van der Waals surface area contributed by atoms with Gasteiger partial charge in [0.05, 0.1) is 13.7 Å². The lowest BCUT2D eigenvalue weighted by atomic mass is 10.1. The van der Waals surface area contributed by atoms with Crippen molar-refractivity contribution in [1.82, 2.24) is 10.2 Å². The largest absolute Gasteiger partial charge is 0.497 e. The Bertz CT molecular complexity index is 542.